The highest BCUT2D eigenvalue weighted by molar-refractivity contribution is 6.06. The van der Waals surface area contributed by atoms with Crippen LogP contribution < -0.4 is 0 Å². The molecule has 1 heterocycles. The van der Waals surface area contributed by atoms with Crippen LogP contribution in [0.5, 0.6) is 0 Å². The van der Waals surface area contributed by atoms with E-state index < -0.39 is 11.6 Å². The molecule has 1 aromatic heterocycles. The van der Waals surface area contributed by atoms with Crippen molar-refractivity contribution in [2.45, 2.75) is 13.5 Å². The Morgan fingerprint density at radius 3 is 2.89 bits per heavy atom. The van der Waals surface area contributed by atoms with Crippen molar-refractivity contribution in [3.05, 3.63) is 59.4 Å². The largest absolute Gasteiger partial charge is 0.289 e. The third-order valence-electron chi connectivity index (χ3n) is 2.61. The van der Waals surface area contributed by atoms with Crippen molar-refractivity contribution < 1.29 is 13.6 Å². The van der Waals surface area contributed by atoms with Crippen LogP contribution in [-0.2, 0) is 6.54 Å². The van der Waals surface area contributed by atoms with Crippen LogP contribution in [0.3, 0.4) is 0 Å². The van der Waals surface area contributed by atoms with Crippen LogP contribution in [0.4, 0.5) is 8.78 Å². The number of ketones is 1. The average Bonchev–Trinajstić information content (AvgIpc) is 2.88. The van der Waals surface area contributed by atoms with Gasteiger partial charge in [-0.1, -0.05) is 0 Å². The van der Waals surface area contributed by atoms with Crippen molar-refractivity contribution in [3.63, 3.8) is 0 Å². The third kappa shape index (κ3) is 3.13. The summed E-state index contributed by atoms with van der Waals surface area (Å²) in [6.45, 7) is 2.56. The molecule has 0 saturated carbocycles. The normalized spacial score (nSPS) is 11.1. The van der Waals surface area contributed by atoms with Crippen LogP contribution in [0.25, 0.3) is 6.08 Å². The van der Waals surface area contributed by atoms with E-state index in [0.29, 0.717) is 12.1 Å². The summed E-state index contributed by atoms with van der Waals surface area (Å²) in [5, 5.41) is 3.97. The average molecular weight is 262 g/mol. The molecule has 0 aliphatic heterocycles. The molecule has 0 amide bonds. The lowest BCUT2D eigenvalue weighted by Gasteiger charge is -1.96. The molecule has 0 saturated heterocycles. The van der Waals surface area contributed by atoms with Gasteiger partial charge in [0.2, 0.25) is 0 Å². The lowest BCUT2D eigenvalue weighted by molar-refractivity contribution is 0.104. The minimum absolute atomic E-state index is 0.0382. The second-order valence-electron chi connectivity index (χ2n) is 3.95. The molecular weight excluding hydrogens is 250 g/mol. The van der Waals surface area contributed by atoms with Crippen molar-refractivity contribution in [1.82, 2.24) is 9.78 Å². The summed E-state index contributed by atoms with van der Waals surface area (Å²) in [7, 11) is 0. The van der Waals surface area contributed by atoms with Crippen LogP contribution >= 0.6 is 0 Å². The molecule has 0 aliphatic rings. The summed E-state index contributed by atoms with van der Waals surface area (Å²) < 4.78 is 27.9. The van der Waals surface area contributed by atoms with E-state index in [0.717, 1.165) is 18.2 Å². The number of hydrogen-bond acceptors (Lipinski definition) is 2. The van der Waals surface area contributed by atoms with Crippen molar-refractivity contribution in [2.24, 2.45) is 0 Å². The van der Waals surface area contributed by atoms with Crippen LogP contribution in [0.15, 0.2) is 36.7 Å². The topological polar surface area (TPSA) is 34.9 Å². The van der Waals surface area contributed by atoms with Crippen LogP contribution in [0.1, 0.15) is 22.8 Å². The quantitative estimate of drug-likeness (QED) is 0.627. The molecule has 0 bridgehead atoms. The summed E-state index contributed by atoms with van der Waals surface area (Å²) in [4.78, 5) is 11.8. The number of aromatic nitrogens is 2. The second-order valence-corrected chi connectivity index (χ2v) is 3.95. The zero-order chi connectivity index (χ0) is 13.8. The molecule has 0 radical (unpaired) electrons. The molecule has 0 spiro atoms. The van der Waals surface area contributed by atoms with Gasteiger partial charge >= 0.3 is 0 Å². The Morgan fingerprint density at radius 2 is 2.21 bits per heavy atom. The summed E-state index contributed by atoms with van der Waals surface area (Å²) >= 11 is 0. The van der Waals surface area contributed by atoms with E-state index in [2.05, 4.69) is 5.10 Å². The lowest BCUT2D eigenvalue weighted by Crippen LogP contribution is -1.94. The van der Waals surface area contributed by atoms with Gasteiger partial charge in [0, 0.05) is 18.3 Å². The number of carbonyl (C=O) groups excluding carboxylic acids is 1. The molecule has 0 N–H and O–H groups in total. The Morgan fingerprint density at radius 1 is 1.42 bits per heavy atom. The molecule has 0 aliphatic carbocycles. The number of allylic oxidation sites excluding steroid dienone is 1. The summed E-state index contributed by atoms with van der Waals surface area (Å²) in [5.74, 6) is -1.43. The van der Waals surface area contributed by atoms with Gasteiger partial charge in [-0.05, 0) is 37.3 Å². The van der Waals surface area contributed by atoms with E-state index in [1.807, 2.05) is 6.92 Å². The SMILES string of the molecule is CCn1cc(C(=O)C=Cc2cc(F)ccc2F)cn1. The van der Waals surface area contributed by atoms with Crippen molar-refractivity contribution >= 4 is 11.9 Å². The molecule has 0 unspecified atom stereocenters. The van der Waals surface area contributed by atoms with Crippen LogP contribution in [0.2, 0.25) is 0 Å². The van der Waals surface area contributed by atoms with Gasteiger partial charge in [0.1, 0.15) is 11.6 Å². The van der Waals surface area contributed by atoms with Gasteiger partial charge < -0.3 is 0 Å². The fourth-order valence-corrected chi connectivity index (χ4v) is 1.57. The molecular formula is C14H12F2N2O. The minimum Gasteiger partial charge on any atom is -0.289 e. The number of rotatable bonds is 4. The number of halogens is 2. The summed E-state index contributed by atoms with van der Waals surface area (Å²) in [5.41, 5.74) is 0.450. The van der Waals surface area contributed by atoms with Crippen molar-refractivity contribution in [1.29, 1.82) is 0 Å². The number of nitrogens with zero attached hydrogens (tertiary/aromatic N) is 2. The Hall–Kier alpha value is -2.30. The van der Waals surface area contributed by atoms with E-state index in [4.69, 9.17) is 0 Å². The summed E-state index contributed by atoms with van der Waals surface area (Å²) in [6.07, 6.45) is 5.51. The molecule has 1 aromatic carbocycles. The Bertz CT molecular complexity index is 632. The first-order valence-corrected chi connectivity index (χ1v) is 5.80. The Balaban J connectivity index is 2.18. The van der Waals surface area contributed by atoms with Gasteiger partial charge in [-0.3, -0.25) is 9.48 Å². The first kappa shape index (κ1) is 13.1. The zero-order valence-electron chi connectivity index (χ0n) is 10.3. The first-order valence-electron chi connectivity index (χ1n) is 5.80. The number of hydrogen-bond donors (Lipinski definition) is 0. The summed E-state index contributed by atoms with van der Waals surface area (Å²) in [6, 6.07) is 3.09. The van der Waals surface area contributed by atoms with Crippen LogP contribution in [0, 0.1) is 11.6 Å². The van der Waals surface area contributed by atoms with E-state index in [1.54, 1.807) is 10.9 Å². The maximum atomic E-state index is 13.3. The van der Waals surface area contributed by atoms with Gasteiger partial charge in [-0.15, -0.1) is 0 Å². The highest BCUT2D eigenvalue weighted by atomic mass is 19.1. The Labute approximate surface area is 109 Å². The van der Waals surface area contributed by atoms with Gasteiger partial charge in [-0.25, -0.2) is 8.78 Å². The highest BCUT2D eigenvalue weighted by Crippen LogP contribution is 2.12. The fourth-order valence-electron chi connectivity index (χ4n) is 1.57. The molecule has 19 heavy (non-hydrogen) atoms. The maximum Gasteiger partial charge on any atom is 0.189 e. The molecule has 0 fully saturated rings. The first-order chi connectivity index (χ1) is 9.10. The molecule has 2 rings (SSSR count). The van der Waals surface area contributed by atoms with E-state index in [1.165, 1.54) is 18.3 Å². The predicted molar refractivity (Wildman–Crippen MR) is 67.6 cm³/mol. The predicted octanol–water partition coefficient (Wildman–Crippen LogP) is 3.08. The Kier molecular flexibility index (Phi) is 3.85. The third-order valence-corrected chi connectivity index (χ3v) is 2.61. The van der Waals surface area contributed by atoms with Gasteiger partial charge in [-0.2, -0.15) is 5.10 Å². The minimum atomic E-state index is -0.574. The van der Waals surface area contributed by atoms with E-state index in [9.17, 15) is 13.6 Å². The number of carbonyl (C=O) groups is 1. The van der Waals surface area contributed by atoms with E-state index in [-0.39, 0.29) is 11.3 Å². The van der Waals surface area contributed by atoms with Gasteiger partial charge in [0.05, 0.1) is 11.8 Å². The number of benzene rings is 1. The molecule has 98 valence electrons. The zero-order valence-corrected chi connectivity index (χ0v) is 10.3. The number of aryl methyl sites for hydroxylation is 1. The molecule has 0 atom stereocenters. The fraction of sp³-hybridized carbons (Fsp3) is 0.143. The standard InChI is InChI=1S/C14H12F2N2O/c1-2-18-9-11(8-17-18)14(19)6-3-10-7-12(15)4-5-13(10)16/h3-9H,2H2,1H3. The van der Waals surface area contributed by atoms with Crippen molar-refractivity contribution in [2.75, 3.05) is 0 Å². The van der Waals surface area contributed by atoms with E-state index >= 15 is 0 Å². The second kappa shape index (κ2) is 5.56. The smallest absolute Gasteiger partial charge is 0.189 e. The molecule has 2 aromatic rings. The highest BCUT2D eigenvalue weighted by Gasteiger charge is 2.06. The van der Waals surface area contributed by atoms with Crippen molar-refractivity contribution in [3.8, 4) is 0 Å². The monoisotopic (exact) mass is 262 g/mol. The van der Waals surface area contributed by atoms with Gasteiger partial charge in [0.25, 0.3) is 0 Å². The van der Waals surface area contributed by atoms with Gasteiger partial charge in [0.15, 0.2) is 5.78 Å². The van der Waals surface area contributed by atoms with Crippen LogP contribution in [-0.4, -0.2) is 15.6 Å². The lowest BCUT2D eigenvalue weighted by atomic mass is 10.1. The molecule has 5 heteroatoms. The molecule has 3 nitrogen and oxygen atoms in total. The maximum absolute atomic E-state index is 13.3.